The summed E-state index contributed by atoms with van der Waals surface area (Å²) in [5.74, 6) is 0.0287. The molecule has 2 heteroatoms. The Bertz CT molecular complexity index is 954. The Hall–Kier alpha value is -3.39. The van der Waals surface area contributed by atoms with Gasteiger partial charge in [0.2, 0.25) is 0 Å². The Morgan fingerprint density at radius 3 is 2.00 bits per heavy atom. The summed E-state index contributed by atoms with van der Waals surface area (Å²) in [5.41, 5.74) is 5.51. The zero-order valence-corrected chi connectivity index (χ0v) is 14.4. The summed E-state index contributed by atoms with van der Waals surface area (Å²) < 4.78 is 0. The van der Waals surface area contributed by atoms with Crippen LogP contribution >= 0.6 is 0 Å². The summed E-state index contributed by atoms with van der Waals surface area (Å²) >= 11 is 0. The zero-order valence-electron chi connectivity index (χ0n) is 14.4. The minimum Gasteiger partial charge on any atom is -0.304 e. The van der Waals surface area contributed by atoms with Crippen LogP contribution in [0.25, 0.3) is 17.2 Å². The minimum absolute atomic E-state index is 0.0287. The maximum absolute atomic E-state index is 12.2. The number of hydrogen-bond acceptors (Lipinski definition) is 1. The maximum Gasteiger partial charge on any atom is 0.251 e. The van der Waals surface area contributed by atoms with Crippen LogP contribution in [-0.4, -0.2) is 10.8 Å². The van der Waals surface area contributed by atoms with Crippen molar-refractivity contribution in [1.29, 1.82) is 0 Å². The molecule has 2 nitrogen and oxygen atoms in total. The van der Waals surface area contributed by atoms with Gasteiger partial charge in [-0.15, -0.1) is 0 Å². The van der Waals surface area contributed by atoms with Gasteiger partial charge in [-0.25, -0.2) is 0 Å². The molecule has 3 aromatic rings. The predicted octanol–water partition coefficient (Wildman–Crippen LogP) is 5.29. The number of amides is 1. The molecule has 1 aliphatic heterocycles. The molecule has 0 N–H and O–H groups in total. The topological polar surface area (TPSA) is 20.3 Å². The molecule has 3 aromatic carbocycles. The predicted molar refractivity (Wildman–Crippen MR) is 106 cm³/mol. The first kappa shape index (κ1) is 16.1. The lowest BCUT2D eigenvalue weighted by molar-refractivity contribution is -0.123. The highest BCUT2D eigenvalue weighted by Gasteiger charge is 2.20. The lowest BCUT2D eigenvalue weighted by Crippen LogP contribution is -2.23. The Morgan fingerprint density at radius 2 is 1.31 bits per heavy atom. The van der Waals surface area contributed by atoms with E-state index in [-0.39, 0.29) is 5.91 Å². The van der Waals surface area contributed by atoms with Crippen molar-refractivity contribution in [2.45, 2.75) is 6.54 Å². The summed E-state index contributed by atoms with van der Waals surface area (Å²) in [6.45, 7) is 0.584. The van der Waals surface area contributed by atoms with E-state index in [9.17, 15) is 4.79 Å². The molecule has 0 aliphatic carbocycles. The van der Waals surface area contributed by atoms with E-state index in [1.54, 1.807) is 11.0 Å². The van der Waals surface area contributed by atoms with Gasteiger partial charge in [-0.1, -0.05) is 84.9 Å². The van der Waals surface area contributed by atoms with Gasteiger partial charge >= 0.3 is 0 Å². The van der Waals surface area contributed by atoms with Crippen molar-refractivity contribution >= 4 is 12.0 Å². The molecule has 26 heavy (non-hydrogen) atoms. The second kappa shape index (κ2) is 7.24. The quantitative estimate of drug-likeness (QED) is 0.633. The highest BCUT2D eigenvalue weighted by molar-refractivity contribution is 5.94. The highest BCUT2D eigenvalue weighted by atomic mass is 16.2. The summed E-state index contributed by atoms with van der Waals surface area (Å²) in [6, 6.07) is 28.8. The van der Waals surface area contributed by atoms with Crippen LogP contribution in [0.5, 0.6) is 0 Å². The van der Waals surface area contributed by atoms with Crippen LogP contribution in [0.1, 0.15) is 11.1 Å². The van der Waals surface area contributed by atoms with Crippen molar-refractivity contribution in [2.75, 3.05) is 0 Å². The van der Waals surface area contributed by atoms with E-state index in [4.69, 9.17) is 0 Å². The van der Waals surface area contributed by atoms with Gasteiger partial charge < -0.3 is 4.90 Å². The molecule has 1 amide bonds. The molecular weight excluding hydrogens is 318 g/mol. The molecule has 0 aromatic heterocycles. The Labute approximate surface area is 153 Å². The van der Waals surface area contributed by atoms with Crippen molar-refractivity contribution in [3.8, 4) is 11.1 Å². The second-order valence-electron chi connectivity index (χ2n) is 6.30. The largest absolute Gasteiger partial charge is 0.304 e. The average Bonchev–Trinajstić information content (AvgIpc) is 3.03. The SMILES string of the molecule is O=C1C=CC(=Cc2ccc(-c3ccccc3)cc2)N1Cc1ccccc1. The van der Waals surface area contributed by atoms with Gasteiger partial charge in [-0.2, -0.15) is 0 Å². The van der Waals surface area contributed by atoms with Gasteiger partial charge in [0.1, 0.15) is 0 Å². The number of rotatable bonds is 4. The Balaban J connectivity index is 1.56. The summed E-state index contributed by atoms with van der Waals surface area (Å²) in [7, 11) is 0. The van der Waals surface area contributed by atoms with Gasteiger partial charge in [-0.3, -0.25) is 4.79 Å². The number of benzene rings is 3. The second-order valence-corrected chi connectivity index (χ2v) is 6.30. The van der Waals surface area contributed by atoms with E-state index < -0.39 is 0 Å². The number of hydrogen-bond donors (Lipinski definition) is 0. The Morgan fingerprint density at radius 1 is 0.692 bits per heavy atom. The first-order valence-electron chi connectivity index (χ1n) is 8.70. The van der Waals surface area contributed by atoms with Crippen LogP contribution < -0.4 is 0 Å². The minimum atomic E-state index is 0.0287. The molecule has 0 radical (unpaired) electrons. The fraction of sp³-hybridized carbons (Fsp3) is 0.0417. The van der Waals surface area contributed by atoms with E-state index in [1.165, 1.54) is 11.1 Å². The van der Waals surface area contributed by atoms with E-state index >= 15 is 0 Å². The summed E-state index contributed by atoms with van der Waals surface area (Å²) in [5, 5.41) is 0. The standard InChI is InChI=1S/C24H19NO/c26-24-16-15-23(25(24)18-20-7-3-1-4-8-20)17-19-11-13-22(14-12-19)21-9-5-2-6-10-21/h1-17H,18H2. The van der Waals surface area contributed by atoms with Crippen molar-refractivity contribution < 1.29 is 4.79 Å². The molecule has 0 spiro atoms. The third-order valence-electron chi connectivity index (χ3n) is 4.49. The van der Waals surface area contributed by atoms with Crippen LogP contribution in [0.15, 0.2) is 103 Å². The van der Waals surface area contributed by atoms with Crippen LogP contribution in [0, 0.1) is 0 Å². The molecule has 1 heterocycles. The van der Waals surface area contributed by atoms with Gasteiger partial charge in [-0.05, 0) is 34.4 Å². The fourth-order valence-corrected chi connectivity index (χ4v) is 3.10. The maximum atomic E-state index is 12.2. The lowest BCUT2D eigenvalue weighted by atomic mass is 10.0. The van der Waals surface area contributed by atoms with Gasteiger partial charge in [0.25, 0.3) is 5.91 Å². The summed E-state index contributed by atoms with van der Waals surface area (Å²) in [4.78, 5) is 14.0. The number of allylic oxidation sites excluding steroid dienone is 1. The third kappa shape index (κ3) is 3.50. The van der Waals surface area contributed by atoms with Gasteiger partial charge in [0, 0.05) is 11.8 Å². The third-order valence-corrected chi connectivity index (χ3v) is 4.49. The van der Waals surface area contributed by atoms with Crippen molar-refractivity contribution in [2.24, 2.45) is 0 Å². The molecular formula is C24H19NO. The number of carbonyl (C=O) groups is 1. The number of nitrogens with zero attached hydrogens (tertiary/aromatic N) is 1. The average molecular weight is 337 g/mol. The Kier molecular flexibility index (Phi) is 4.48. The molecule has 0 atom stereocenters. The van der Waals surface area contributed by atoms with Crippen molar-refractivity contribution in [1.82, 2.24) is 4.90 Å². The van der Waals surface area contributed by atoms with Gasteiger partial charge in [0.15, 0.2) is 0 Å². The monoisotopic (exact) mass is 337 g/mol. The molecule has 4 rings (SSSR count). The highest BCUT2D eigenvalue weighted by Crippen LogP contribution is 2.24. The lowest BCUT2D eigenvalue weighted by Gasteiger charge is -2.18. The molecule has 0 fully saturated rings. The van der Waals surface area contributed by atoms with E-state index in [0.29, 0.717) is 6.54 Å². The first-order chi connectivity index (χ1) is 12.8. The van der Waals surface area contributed by atoms with Crippen molar-refractivity contribution in [3.05, 3.63) is 114 Å². The molecule has 0 saturated heterocycles. The van der Waals surface area contributed by atoms with Crippen LogP contribution in [-0.2, 0) is 11.3 Å². The molecule has 0 saturated carbocycles. The van der Waals surface area contributed by atoms with E-state index in [1.807, 2.05) is 54.6 Å². The molecule has 1 aliphatic rings. The fourth-order valence-electron chi connectivity index (χ4n) is 3.10. The molecule has 0 bridgehead atoms. The van der Waals surface area contributed by atoms with E-state index in [0.717, 1.165) is 16.8 Å². The van der Waals surface area contributed by atoms with Crippen LogP contribution in [0.2, 0.25) is 0 Å². The zero-order chi connectivity index (χ0) is 17.8. The smallest absolute Gasteiger partial charge is 0.251 e. The first-order valence-corrected chi connectivity index (χ1v) is 8.70. The van der Waals surface area contributed by atoms with Crippen LogP contribution in [0.4, 0.5) is 0 Å². The molecule has 0 unspecified atom stereocenters. The van der Waals surface area contributed by atoms with Crippen LogP contribution in [0.3, 0.4) is 0 Å². The van der Waals surface area contributed by atoms with Crippen molar-refractivity contribution in [3.63, 3.8) is 0 Å². The van der Waals surface area contributed by atoms with E-state index in [2.05, 4.69) is 42.5 Å². The molecule has 126 valence electrons. The normalized spacial score (nSPS) is 15.0. The van der Waals surface area contributed by atoms with Gasteiger partial charge in [0.05, 0.1) is 6.54 Å². The summed E-state index contributed by atoms with van der Waals surface area (Å²) in [6.07, 6.45) is 5.57. The number of carbonyl (C=O) groups excluding carboxylic acids is 1.